The minimum Gasteiger partial charge on any atom is -0.363 e. The summed E-state index contributed by atoms with van der Waals surface area (Å²) in [7, 11) is 0. The molecule has 1 aromatic rings. The molecule has 0 unspecified atom stereocenters. The molecule has 1 radical (unpaired) electrons. The molecule has 0 saturated carbocycles. The Morgan fingerprint density at radius 3 is 2.33 bits per heavy atom. The van der Waals surface area contributed by atoms with E-state index >= 15 is 0 Å². The van der Waals surface area contributed by atoms with Gasteiger partial charge in [0.15, 0.2) is 0 Å². The number of ether oxygens (including phenoxy) is 1. The highest BCUT2D eigenvalue weighted by atomic mass is 16.5. The second kappa shape index (κ2) is 4.94. The zero-order chi connectivity index (χ0) is 10.5. The van der Waals surface area contributed by atoms with Crippen molar-refractivity contribution in [3.8, 4) is 0 Å². The summed E-state index contributed by atoms with van der Waals surface area (Å²) in [6.45, 7) is 2.72. The van der Waals surface area contributed by atoms with Gasteiger partial charge in [-0.05, 0) is 24.6 Å². The molecule has 0 bridgehead atoms. The van der Waals surface area contributed by atoms with Crippen LogP contribution in [0.3, 0.4) is 0 Å². The molecule has 0 aromatic heterocycles. The highest BCUT2D eigenvalue weighted by Gasteiger charge is 2.11. The predicted octanol–water partition coefficient (Wildman–Crippen LogP) is 3.46. The van der Waals surface area contributed by atoms with Crippen LogP contribution in [0.15, 0.2) is 54.6 Å². The van der Waals surface area contributed by atoms with E-state index in [1.165, 1.54) is 5.56 Å². The van der Waals surface area contributed by atoms with Gasteiger partial charge in [-0.2, -0.15) is 0 Å². The molecule has 15 heavy (non-hydrogen) atoms. The molecule has 1 heteroatoms. The van der Waals surface area contributed by atoms with Crippen molar-refractivity contribution in [1.82, 2.24) is 0 Å². The van der Waals surface area contributed by atoms with Crippen molar-refractivity contribution in [2.24, 2.45) is 0 Å². The molecule has 0 amide bonds. The lowest BCUT2D eigenvalue weighted by molar-refractivity contribution is 0.198. The van der Waals surface area contributed by atoms with Crippen molar-refractivity contribution in [2.75, 3.05) is 6.61 Å². The smallest absolute Gasteiger partial charge is 0.140 e. The maximum atomic E-state index is 5.41. The Bertz CT molecular complexity index is 337. The first-order chi connectivity index (χ1) is 7.40. The van der Waals surface area contributed by atoms with Gasteiger partial charge in [-0.1, -0.05) is 42.5 Å². The third kappa shape index (κ3) is 2.57. The Balaban J connectivity index is 2.05. The first kappa shape index (κ1) is 10.2. The van der Waals surface area contributed by atoms with E-state index in [1.54, 1.807) is 0 Å². The van der Waals surface area contributed by atoms with Gasteiger partial charge in [0.25, 0.3) is 0 Å². The summed E-state index contributed by atoms with van der Waals surface area (Å²) in [4.78, 5) is 0. The van der Waals surface area contributed by atoms with Crippen molar-refractivity contribution in [1.29, 1.82) is 0 Å². The van der Waals surface area contributed by atoms with Crippen LogP contribution in [0.2, 0.25) is 0 Å². The van der Waals surface area contributed by atoms with Gasteiger partial charge in [-0.3, -0.25) is 0 Å². The van der Waals surface area contributed by atoms with Crippen molar-refractivity contribution in [2.45, 2.75) is 12.8 Å². The summed E-state index contributed by atoms with van der Waals surface area (Å²) in [5.74, 6) is 0.385. The molecule has 1 aromatic carbocycles. The van der Waals surface area contributed by atoms with Gasteiger partial charge in [0.1, 0.15) is 6.10 Å². The quantitative estimate of drug-likeness (QED) is 0.724. The van der Waals surface area contributed by atoms with Crippen LogP contribution in [-0.4, -0.2) is 6.61 Å². The van der Waals surface area contributed by atoms with E-state index < -0.39 is 0 Å². The average molecular weight is 199 g/mol. The number of hydrogen-bond donors (Lipinski definition) is 0. The normalized spacial score (nSPS) is 17.1. The lowest BCUT2D eigenvalue weighted by atomic mass is 9.94. The van der Waals surface area contributed by atoms with Crippen LogP contribution in [0, 0.1) is 6.10 Å². The van der Waals surface area contributed by atoms with E-state index in [1.807, 2.05) is 25.1 Å². The highest BCUT2D eigenvalue weighted by Crippen LogP contribution is 2.25. The SMILES string of the molecule is CCO[C]1C=CC(c2ccccc2)C=C1. The summed E-state index contributed by atoms with van der Waals surface area (Å²) in [6, 6.07) is 10.5. The van der Waals surface area contributed by atoms with E-state index in [2.05, 4.69) is 36.4 Å². The van der Waals surface area contributed by atoms with E-state index in [0.29, 0.717) is 5.92 Å². The van der Waals surface area contributed by atoms with Crippen molar-refractivity contribution in [3.63, 3.8) is 0 Å². The highest BCUT2D eigenvalue weighted by molar-refractivity contribution is 5.36. The van der Waals surface area contributed by atoms with Gasteiger partial charge in [-0.15, -0.1) is 0 Å². The van der Waals surface area contributed by atoms with Gasteiger partial charge in [-0.25, -0.2) is 0 Å². The van der Waals surface area contributed by atoms with Crippen LogP contribution in [0.25, 0.3) is 0 Å². The molecule has 77 valence electrons. The summed E-state index contributed by atoms with van der Waals surface area (Å²) in [5.41, 5.74) is 1.32. The third-order valence-electron chi connectivity index (χ3n) is 2.43. The fourth-order valence-corrected chi connectivity index (χ4v) is 1.68. The minimum absolute atomic E-state index is 0.385. The Hall–Kier alpha value is -1.34. The number of hydrogen-bond acceptors (Lipinski definition) is 1. The largest absolute Gasteiger partial charge is 0.363 e. The maximum absolute atomic E-state index is 5.41. The van der Waals surface area contributed by atoms with E-state index in [0.717, 1.165) is 12.7 Å². The fraction of sp³-hybridized carbons (Fsp3) is 0.214. The molecule has 0 atom stereocenters. The molecule has 1 aliphatic carbocycles. The van der Waals surface area contributed by atoms with Gasteiger partial charge in [0, 0.05) is 12.5 Å². The molecule has 2 rings (SSSR count). The topological polar surface area (TPSA) is 9.23 Å². The molecular formula is C14H15O. The van der Waals surface area contributed by atoms with Crippen LogP contribution in [0.5, 0.6) is 0 Å². The number of allylic oxidation sites excluding steroid dienone is 2. The first-order valence-electron chi connectivity index (χ1n) is 5.31. The Morgan fingerprint density at radius 2 is 1.73 bits per heavy atom. The summed E-state index contributed by atoms with van der Waals surface area (Å²) in [6.07, 6.45) is 9.37. The summed E-state index contributed by atoms with van der Waals surface area (Å²) >= 11 is 0. The zero-order valence-electron chi connectivity index (χ0n) is 8.89. The Kier molecular flexibility index (Phi) is 3.36. The van der Waals surface area contributed by atoms with Gasteiger partial charge in [0.2, 0.25) is 0 Å². The molecule has 0 heterocycles. The van der Waals surface area contributed by atoms with Gasteiger partial charge < -0.3 is 4.74 Å². The molecule has 0 spiro atoms. The summed E-state index contributed by atoms with van der Waals surface area (Å²) in [5, 5.41) is 0. The van der Waals surface area contributed by atoms with Crippen LogP contribution in [0.1, 0.15) is 18.4 Å². The maximum Gasteiger partial charge on any atom is 0.140 e. The van der Waals surface area contributed by atoms with Crippen LogP contribution in [-0.2, 0) is 4.74 Å². The molecule has 0 N–H and O–H groups in total. The average Bonchev–Trinajstić information content (AvgIpc) is 2.32. The standard InChI is InChI=1S/C14H15O/c1-2-15-14-10-8-13(9-11-14)12-6-4-3-5-7-12/h3-11,13H,2H2,1H3. The van der Waals surface area contributed by atoms with Gasteiger partial charge >= 0.3 is 0 Å². The number of rotatable bonds is 3. The predicted molar refractivity (Wildman–Crippen MR) is 62.3 cm³/mol. The van der Waals surface area contributed by atoms with Crippen molar-refractivity contribution in [3.05, 3.63) is 66.3 Å². The molecule has 1 aliphatic rings. The fourth-order valence-electron chi connectivity index (χ4n) is 1.68. The molecule has 0 aliphatic heterocycles. The lowest BCUT2D eigenvalue weighted by Gasteiger charge is -2.16. The van der Waals surface area contributed by atoms with Crippen molar-refractivity contribution >= 4 is 0 Å². The second-order valence-corrected chi connectivity index (χ2v) is 3.49. The van der Waals surface area contributed by atoms with E-state index in [-0.39, 0.29) is 0 Å². The molecule has 0 saturated heterocycles. The molecule has 0 fully saturated rings. The monoisotopic (exact) mass is 199 g/mol. The van der Waals surface area contributed by atoms with Crippen LogP contribution < -0.4 is 0 Å². The van der Waals surface area contributed by atoms with Crippen molar-refractivity contribution < 1.29 is 4.74 Å². The second-order valence-electron chi connectivity index (χ2n) is 3.49. The first-order valence-corrected chi connectivity index (χ1v) is 5.31. The molecular weight excluding hydrogens is 184 g/mol. The Labute approximate surface area is 91.1 Å². The van der Waals surface area contributed by atoms with E-state index in [4.69, 9.17) is 4.74 Å². The Morgan fingerprint density at radius 1 is 1.07 bits per heavy atom. The third-order valence-corrected chi connectivity index (χ3v) is 2.43. The molecule has 1 nitrogen and oxygen atoms in total. The van der Waals surface area contributed by atoms with Crippen LogP contribution >= 0.6 is 0 Å². The van der Waals surface area contributed by atoms with E-state index in [9.17, 15) is 0 Å². The van der Waals surface area contributed by atoms with Gasteiger partial charge in [0.05, 0.1) is 0 Å². The minimum atomic E-state index is 0.385. The lowest BCUT2D eigenvalue weighted by Crippen LogP contribution is -2.03. The zero-order valence-corrected chi connectivity index (χ0v) is 8.89. The number of benzene rings is 1. The van der Waals surface area contributed by atoms with Crippen LogP contribution in [0.4, 0.5) is 0 Å². The summed E-state index contributed by atoms with van der Waals surface area (Å²) < 4.78 is 5.41.